The molecule has 1 unspecified atom stereocenters. The highest BCUT2D eigenvalue weighted by molar-refractivity contribution is 9.10. The molecule has 2 aromatic carbocycles. The highest BCUT2D eigenvalue weighted by atomic mass is 79.9. The van der Waals surface area contributed by atoms with Crippen LogP contribution in [0.25, 0.3) is 0 Å². The van der Waals surface area contributed by atoms with E-state index >= 15 is 0 Å². The van der Waals surface area contributed by atoms with Crippen molar-refractivity contribution in [2.75, 3.05) is 4.90 Å². The third kappa shape index (κ3) is 3.33. The minimum Gasteiger partial charge on any atom is -0.274 e. The lowest BCUT2D eigenvalue weighted by Crippen LogP contribution is -2.31. The van der Waals surface area contributed by atoms with Crippen molar-refractivity contribution in [3.8, 4) is 0 Å². The number of carbonyl (C=O) groups is 2. The van der Waals surface area contributed by atoms with Gasteiger partial charge in [0.2, 0.25) is 11.8 Å². The summed E-state index contributed by atoms with van der Waals surface area (Å²) < 4.78 is 0.756. The van der Waals surface area contributed by atoms with Gasteiger partial charge in [0.1, 0.15) is 0 Å². The number of hydrogen-bond acceptors (Lipinski definition) is 2. The van der Waals surface area contributed by atoms with E-state index in [4.69, 9.17) is 11.6 Å². The van der Waals surface area contributed by atoms with Crippen molar-refractivity contribution in [2.45, 2.75) is 19.8 Å². The van der Waals surface area contributed by atoms with Gasteiger partial charge < -0.3 is 0 Å². The first kappa shape index (κ1) is 16.2. The Labute approximate surface area is 148 Å². The molecule has 118 valence electrons. The summed E-state index contributed by atoms with van der Waals surface area (Å²) in [4.78, 5) is 26.3. The number of rotatable bonds is 3. The summed E-state index contributed by atoms with van der Waals surface area (Å²) in [6, 6.07) is 13.0. The highest BCUT2D eigenvalue weighted by Crippen LogP contribution is 2.34. The standard InChI is InChI=1S/C18H15BrClNO2/c1-11-2-7-16(15(19)8-11)21-17(22)10-13(18(21)23)9-12-3-5-14(20)6-4-12/h2-8,13H,9-10H2,1H3. The molecule has 1 aliphatic heterocycles. The number of benzene rings is 2. The Morgan fingerprint density at radius 1 is 1.17 bits per heavy atom. The first-order chi connectivity index (χ1) is 11.0. The van der Waals surface area contributed by atoms with Gasteiger partial charge in [-0.2, -0.15) is 0 Å². The van der Waals surface area contributed by atoms with Crippen LogP contribution in [0.4, 0.5) is 5.69 Å². The van der Waals surface area contributed by atoms with Crippen molar-refractivity contribution < 1.29 is 9.59 Å². The number of halogens is 2. The molecule has 23 heavy (non-hydrogen) atoms. The van der Waals surface area contributed by atoms with Gasteiger partial charge in [0.15, 0.2) is 0 Å². The van der Waals surface area contributed by atoms with E-state index in [2.05, 4.69) is 15.9 Å². The summed E-state index contributed by atoms with van der Waals surface area (Å²) in [6.45, 7) is 1.96. The fourth-order valence-corrected chi connectivity index (χ4v) is 3.60. The maximum Gasteiger partial charge on any atom is 0.237 e. The van der Waals surface area contributed by atoms with Gasteiger partial charge >= 0.3 is 0 Å². The summed E-state index contributed by atoms with van der Waals surface area (Å²) in [6.07, 6.45) is 0.781. The van der Waals surface area contributed by atoms with Gasteiger partial charge in [-0.1, -0.05) is 29.8 Å². The summed E-state index contributed by atoms with van der Waals surface area (Å²) in [5.41, 5.74) is 2.69. The van der Waals surface area contributed by atoms with Crippen molar-refractivity contribution in [3.05, 3.63) is 63.1 Å². The van der Waals surface area contributed by atoms with Crippen LogP contribution in [0, 0.1) is 12.8 Å². The van der Waals surface area contributed by atoms with E-state index < -0.39 is 0 Å². The normalized spacial score (nSPS) is 17.9. The molecule has 0 radical (unpaired) electrons. The quantitative estimate of drug-likeness (QED) is 0.720. The van der Waals surface area contributed by atoms with Gasteiger partial charge in [0.25, 0.3) is 0 Å². The Hall–Kier alpha value is -1.65. The lowest BCUT2D eigenvalue weighted by atomic mass is 9.98. The minimum atomic E-state index is -0.322. The van der Waals surface area contributed by atoms with Gasteiger partial charge in [-0.05, 0) is 64.7 Å². The molecule has 2 aromatic rings. The van der Waals surface area contributed by atoms with Crippen molar-refractivity contribution >= 4 is 45.0 Å². The number of amides is 2. The van der Waals surface area contributed by atoms with Crippen LogP contribution in [0.3, 0.4) is 0 Å². The summed E-state index contributed by atoms with van der Waals surface area (Å²) in [5, 5.41) is 0.660. The van der Waals surface area contributed by atoms with Crippen LogP contribution >= 0.6 is 27.5 Å². The van der Waals surface area contributed by atoms with Crippen LogP contribution in [0.15, 0.2) is 46.9 Å². The zero-order chi connectivity index (χ0) is 16.6. The van der Waals surface area contributed by atoms with Crippen molar-refractivity contribution in [1.29, 1.82) is 0 Å². The van der Waals surface area contributed by atoms with E-state index in [1.165, 1.54) is 4.90 Å². The molecule has 0 spiro atoms. The fourth-order valence-electron chi connectivity index (χ4n) is 2.81. The van der Waals surface area contributed by atoms with Crippen LogP contribution in [0.2, 0.25) is 5.02 Å². The Bertz CT molecular complexity index is 773. The lowest BCUT2D eigenvalue weighted by molar-refractivity contribution is -0.122. The Morgan fingerprint density at radius 3 is 2.52 bits per heavy atom. The van der Waals surface area contributed by atoms with Gasteiger partial charge in [-0.25, -0.2) is 4.90 Å². The van der Waals surface area contributed by atoms with Crippen molar-refractivity contribution in [1.82, 2.24) is 0 Å². The molecule has 0 aromatic heterocycles. The molecule has 0 N–H and O–H groups in total. The molecule has 0 aliphatic carbocycles. The Kier molecular flexibility index (Phi) is 4.55. The van der Waals surface area contributed by atoms with Crippen LogP contribution in [-0.2, 0) is 16.0 Å². The van der Waals surface area contributed by atoms with Crippen molar-refractivity contribution in [2.24, 2.45) is 5.92 Å². The zero-order valence-electron chi connectivity index (χ0n) is 12.6. The molecule has 1 heterocycles. The second kappa shape index (κ2) is 6.46. The Morgan fingerprint density at radius 2 is 1.87 bits per heavy atom. The second-order valence-electron chi connectivity index (χ2n) is 5.75. The summed E-state index contributed by atoms with van der Waals surface area (Å²) in [5.74, 6) is -0.620. The third-order valence-corrected chi connectivity index (χ3v) is 4.87. The minimum absolute atomic E-state index is 0.144. The van der Waals surface area contributed by atoms with Gasteiger partial charge in [-0.15, -0.1) is 0 Å². The maximum absolute atomic E-state index is 12.7. The molecular formula is C18H15BrClNO2. The van der Waals surface area contributed by atoms with E-state index in [-0.39, 0.29) is 24.2 Å². The SMILES string of the molecule is Cc1ccc(N2C(=O)CC(Cc3ccc(Cl)cc3)C2=O)c(Br)c1. The average Bonchev–Trinajstić information content (AvgIpc) is 2.77. The zero-order valence-corrected chi connectivity index (χ0v) is 14.9. The largest absolute Gasteiger partial charge is 0.274 e. The van der Waals surface area contributed by atoms with E-state index in [1.54, 1.807) is 18.2 Å². The predicted octanol–water partition coefficient (Wildman–Crippen LogP) is 4.53. The molecule has 3 rings (SSSR count). The van der Waals surface area contributed by atoms with Crippen LogP contribution in [-0.4, -0.2) is 11.8 Å². The number of hydrogen-bond donors (Lipinski definition) is 0. The molecular weight excluding hydrogens is 378 g/mol. The lowest BCUT2D eigenvalue weighted by Gasteiger charge is -2.17. The highest BCUT2D eigenvalue weighted by Gasteiger charge is 2.40. The van der Waals surface area contributed by atoms with E-state index in [0.717, 1.165) is 15.6 Å². The molecule has 5 heteroatoms. The molecule has 1 atom stereocenters. The van der Waals surface area contributed by atoms with Gasteiger partial charge in [0.05, 0.1) is 11.6 Å². The van der Waals surface area contributed by atoms with Crippen molar-refractivity contribution in [3.63, 3.8) is 0 Å². The van der Waals surface area contributed by atoms with Crippen LogP contribution < -0.4 is 4.90 Å². The summed E-state index contributed by atoms with van der Waals surface area (Å²) in [7, 11) is 0. The first-order valence-corrected chi connectivity index (χ1v) is 8.50. The molecule has 3 nitrogen and oxygen atoms in total. The van der Waals surface area contributed by atoms with Crippen LogP contribution in [0.1, 0.15) is 17.5 Å². The molecule has 2 amide bonds. The van der Waals surface area contributed by atoms with E-state index in [9.17, 15) is 9.59 Å². The number of aryl methyl sites for hydroxylation is 1. The smallest absolute Gasteiger partial charge is 0.237 e. The number of nitrogens with zero attached hydrogens (tertiary/aromatic N) is 1. The average molecular weight is 393 g/mol. The number of imide groups is 1. The molecule has 0 bridgehead atoms. The Balaban J connectivity index is 1.83. The molecule has 0 saturated carbocycles. The predicted molar refractivity (Wildman–Crippen MR) is 94.6 cm³/mol. The van der Waals surface area contributed by atoms with Gasteiger partial charge in [-0.3, -0.25) is 9.59 Å². The second-order valence-corrected chi connectivity index (χ2v) is 7.04. The molecule has 1 fully saturated rings. The number of carbonyl (C=O) groups excluding carboxylic acids is 2. The van der Waals surface area contributed by atoms with E-state index in [1.807, 2.05) is 31.2 Å². The molecule has 1 saturated heterocycles. The number of anilines is 1. The fraction of sp³-hybridized carbons (Fsp3) is 0.222. The third-order valence-electron chi connectivity index (χ3n) is 3.98. The van der Waals surface area contributed by atoms with Crippen LogP contribution in [0.5, 0.6) is 0 Å². The van der Waals surface area contributed by atoms with Gasteiger partial charge in [0, 0.05) is 15.9 Å². The summed E-state index contributed by atoms with van der Waals surface area (Å²) >= 11 is 9.33. The topological polar surface area (TPSA) is 37.4 Å². The maximum atomic E-state index is 12.7. The van der Waals surface area contributed by atoms with E-state index in [0.29, 0.717) is 17.1 Å². The molecule has 1 aliphatic rings. The first-order valence-electron chi connectivity index (χ1n) is 7.33. The monoisotopic (exact) mass is 391 g/mol.